The predicted octanol–water partition coefficient (Wildman–Crippen LogP) is 3.31. The van der Waals surface area contributed by atoms with Gasteiger partial charge in [-0.25, -0.2) is 0 Å². The Morgan fingerprint density at radius 1 is 0.967 bits per heavy atom. The van der Waals surface area contributed by atoms with Crippen molar-refractivity contribution in [3.63, 3.8) is 0 Å². The molecule has 0 heterocycles. The van der Waals surface area contributed by atoms with Gasteiger partial charge in [0.25, 0.3) is 5.91 Å². The van der Waals surface area contributed by atoms with Crippen LogP contribution in [0.3, 0.4) is 0 Å². The molecule has 30 heavy (non-hydrogen) atoms. The molecule has 160 valence electrons. The van der Waals surface area contributed by atoms with Crippen molar-refractivity contribution in [2.45, 2.75) is 19.5 Å². The standard InChI is InChI=1S/C21H22F3N3O3/c1-2-27(19(29)12-13-25-20(30)15-8-4-3-5-9-15)14-18(28)26-17-11-7-6-10-16(17)21(22,23)24/h3-11H,2,12-14H2,1H3,(H,25,30)(H,26,28). The normalized spacial score (nSPS) is 10.9. The molecule has 6 nitrogen and oxygen atoms in total. The van der Waals surface area contributed by atoms with Crippen LogP contribution in [0.2, 0.25) is 0 Å². The molecule has 2 N–H and O–H groups in total. The van der Waals surface area contributed by atoms with Gasteiger partial charge in [0.1, 0.15) is 0 Å². The summed E-state index contributed by atoms with van der Waals surface area (Å²) in [6.45, 7) is 1.52. The lowest BCUT2D eigenvalue weighted by Crippen LogP contribution is -2.39. The van der Waals surface area contributed by atoms with Gasteiger partial charge in [-0.2, -0.15) is 13.2 Å². The summed E-state index contributed by atoms with van der Waals surface area (Å²) in [4.78, 5) is 37.7. The van der Waals surface area contributed by atoms with Gasteiger partial charge in [0.2, 0.25) is 11.8 Å². The van der Waals surface area contributed by atoms with Crippen molar-refractivity contribution in [3.05, 3.63) is 65.7 Å². The Morgan fingerprint density at radius 2 is 1.60 bits per heavy atom. The Morgan fingerprint density at radius 3 is 2.23 bits per heavy atom. The number of hydrogen-bond acceptors (Lipinski definition) is 3. The Kier molecular flexibility index (Phi) is 7.97. The first-order valence-corrected chi connectivity index (χ1v) is 9.29. The van der Waals surface area contributed by atoms with Crippen LogP contribution in [0.1, 0.15) is 29.3 Å². The molecule has 2 aromatic rings. The van der Waals surface area contributed by atoms with Crippen LogP contribution in [0.25, 0.3) is 0 Å². The van der Waals surface area contributed by atoms with Gasteiger partial charge in [-0.05, 0) is 31.2 Å². The topological polar surface area (TPSA) is 78.5 Å². The number of likely N-dealkylation sites (N-methyl/N-ethyl adjacent to an activating group) is 1. The number of carbonyl (C=O) groups is 3. The molecule has 0 bridgehead atoms. The summed E-state index contributed by atoms with van der Waals surface area (Å²) in [7, 11) is 0. The Hall–Kier alpha value is -3.36. The second kappa shape index (κ2) is 10.4. The van der Waals surface area contributed by atoms with Gasteiger partial charge in [0, 0.05) is 25.1 Å². The fourth-order valence-corrected chi connectivity index (χ4v) is 2.71. The summed E-state index contributed by atoms with van der Waals surface area (Å²) < 4.78 is 39.1. The highest BCUT2D eigenvalue weighted by atomic mass is 19.4. The first-order valence-electron chi connectivity index (χ1n) is 9.29. The summed E-state index contributed by atoms with van der Waals surface area (Å²) in [6.07, 6.45) is -4.65. The average Bonchev–Trinajstić information content (AvgIpc) is 2.72. The number of hydrogen-bond donors (Lipinski definition) is 2. The second-order valence-electron chi connectivity index (χ2n) is 6.37. The Balaban J connectivity index is 1.88. The minimum atomic E-state index is -4.61. The molecule has 0 aromatic heterocycles. The van der Waals surface area contributed by atoms with Gasteiger partial charge in [-0.3, -0.25) is 14.4 Å². The van der Waals surface area contributed by atoms with E-state index in [1.54, 1.807) is 37.3 Å². The lowest BCUT2D eigenvalue weighted by atomic mass is 10.1. The molecule has 0 aliphatic carbocycles. The van der Waals surface area contributed by atoms with E-state index in [0.29, 0.717) is 5.56 Å². The molecule has 0 atom stereocenters. The minimum Gasteiger partial charge on any atom is -0.352 e. The summed E-state index contributed by atoms with van der Waals surface area (Å²) in [5.74, 6) is -1.46. The molecule has 0 saturated carbocycles. The zero-order valence-electron chi connectivity index (χ0n) is 16.3. The maximum Gasteiger partial charge on any atom is 0.418 e. The molecule has 0 unspecified atom stereocenters. The lowest BCUT2D eigenvalue weighted by molar-refractivity contribution is -0.137. The number of nitrogens with one attached hydrogen (secondary N) is 2. The number of amides is 3. The fourth-order valence-electron chi connectivity index (χ4n) is 2.71. The van der Waals surface area contributed by atoms with E-state index in [0.717, 1.165) is 12.1 Å². The van der Waals surface area contributed by atoms with Crippen LogP contribution < -0.4 is 10.6 Å². The van der Waals surface area contributed by atoms with Crippen molar-refractivity contribution < 1.29 is 27.6 Å². The van der Waals surface area contributed by atoms with Crippen molar-refractivity contribution in [3.8, 4) is 0 Å². The van der Waals surface area contributed by atoms with E-state index in [-0.39, 0.29) is 31.1 Å². The molecule has 0 fully saturated rings. The number of anilines is 1. The number of para-hydroxylation sites is 1. The maximum absolute atomic E-state index is 13.0. The van der Waals surface area contributed by atoms with E-state index in [2.05, 4.69) is 10.6 Å². The summed E-state index contributed by atoms with van der Waals surface area (Å²) >= 11 is 0. The van der Waals surface area contributed by atoms with E-state index in [1.807, 2.05) is 0 Å². The first-order chi connectivity index (χ1) is 14.2. The van der Waals surface area contributed by atoms with Gasteiger partial charge in [-0.15, -0.1) is 0 Å². The van der Waals surface area contributed by atoms with Crippen molar-refractivity contribution in [1.29, 1.82) is 0 Å². The van der Waals surface area contributed by atoms with Gasteiger partial charge in [0.15, 0.2) is 0 Å². The number of alkyl halides is 3. The third-order valence-corrected chi connectivity index (χ3v) is 4.24. The van der Waals surface area contributed by atoms with Gasteiger partial charge in [0.05, 0.1) is 17.8 Å². The zero-order valence-corrected chi connectivity index (χ0v) is 16.3. The first kappa shape index (κ1) is 22.9. The van der Waals surface area contributed by atoms with Gasteiger partial charge >= 0.3 is 6.18 Å². The average molecular weight is 421 g/mol. The number of rotatable bonds is 8. The minimum absolute atomic E-state index is 0.0428. The number of nitrogens with zero attached hydrogens (tertiary/aromatic N) is 1. The molecule has 0 aliphatic rings. The largest absolute Gasteiger partial charge is 0.418 e. The molecule has 0 aliphatic heterocycles. The number of benzene rings is 2. The third kappa shape index (κ3) is 6.61. The van der Waals surface area contributed by atoms with Gasteiger partial charge in [-0.1, -0.05) is 30.3 Å². The van der Waals surface area contributed by atoms with E-state index < -0.39 is 30.1 Å². The van der Waals surface area contributed by atoms with Gasteiger partial charge < -0.3 is 15.5 Å². The number of halogens is 3. The molecule has 9 heteroatoms. The van der Waals surface area contributed by atoms with Crippen LogP contribution in [-0.2, 0) is 15.8 Å². The maximum atomic E-state index is 13.0. The Bertz CT molecular complexity index is 886. The van der Waals surface area contributed by atoms with Crippen LogP contribution in [0.4, 0.5) is 18.9 Å². The molecular formula is C21H22F3N3O3. The molecule has 0 spiro atoms. The van der Waals surface area contributed by atoms with Crippen molar-refractivity contribution in [2.24, 2.45) is 0 Å². The molecule has 2 aromatic carbocycles. The predicted molar refractivity (Wildman–Crippen MR) is 106 cm³/mol. The van der Waals surface area contributed by atoms with E-state index in [1.165, 1.54) is 17.0 Å². The van der Waals surface area contributed by atoms with Crippen LogP contribution in [0, 0.1) is 0 Å². The molecule has 0 radical (unpaired) electrons. The summed E-state index contributed by atoms with van der Waals surface area (Å²) in [5, 5.41) is 4.82. The lowest BCUT2D eigenvalue weighted by Gasteiger charge is -2.21. The highest BCUT2D eigenvalue weighted by molar-refractivity contribution is 5.96. The number of carbonyl (C=O) groups excluding carboxylic acids is 3. The quantitative estimate of drug-likeness (QED) is 0.687. The fraction of sp³-hybridized carbons (Fsp3) is 0.286. The van der Waals surface area contributed by atoms with Crippen molar-refractivity contribution in [1.82, 2.24) is 10.2 Å². The van der Waals surface area contributed by atoms with Crippen LogP contribution in [-0.4, -0.2) is 42.3 Å². The van der Waals surface area contributed by atoms with E-state index in [4.69, 9.17) is 0 Å². The van der Waals surface area contributed by atoms with E-state index in [9.17, 15) is 27.6 Å². The molecule has 0 saturated heterocycles. The van der Waals surface area contributed by atoms with Crippen molar-refractivity contribution in [2.75, 3.05) is 25.0 Å². The van der Waals surface area contributed by atoms with Crippen LogP contribution in [0.5, 0.6) is 0 Å². The highest BCUT2D eigenvalue weighted by Gasteiger charge is 2.33. The molecule has 3 amide bonds. The van der Waals surface area contributed by atoms with Crippen LogP contribution >= 0.6 is 0 Å². The summed E-state index contributed by atoms with van der Waals surface area (Å²) in [6, 6.07) is 13.1. The molecule has 2 rings (SSSR count). The monoisotopic (exact) mass is 421 g/mol. The zero-order chi connectivity index (χ0) is 22.1. The second-order valence-corrected chi connectivity index (χ2v) is 6.37. The summed E-state index contributed by atoms with van der Waals surface area (Å²) in [5.41, 5.74) is -0.870. The third-order valence-electron chi connectivity index (χ3n) is 4.24. The van der Waals surface area contributed by atoms with Crippen molar-refractivity contribution >= 4 is 23.4 Å². The SMILES string of the molecule is CCN(CC(=O)Nc1ccccc1C(F)(F)F)C(=O)CCNC(=O)c1ccccc1. The molecular weight excluding hydrogens is 399 g/mol. The smallest absolute Gasteiger partial charge is 0.352 e. The van der Waals surface area contributed by atoms with E-state index >= 15 is 0 Å². The Labute approximate surface area is 172 Å². The highest BCUT2D eigenvalue weighted by Crippen LogP contribution is 2.34. The van der Waals surface area contributed by atoms with Crippen LogP contribution in [0.15, 0.2) is 54.6 Å².